The first-order chi connectivity index (χ1) is 10.2. The average Bonchev–Trinajstić information content (AvgIpc) is 3.13. The van der Waals surface area contributed by atoms with Gasteiger partial charge in [-0.3, -0.25) is 9.58 Å². The Morgan fingerprint density at radius 1 is 1.24 bits per heavy atom. The molecule has 0 bridgehead atoms. The quantitative estimate of drug-likeness (QED) is 0.799. The molecule has 2 rings (SSSR count). The van der Waals surface area contributed by atoms with Crippen molar-refractivity contribution in [3.8, 4) is 0 Å². The minimum atomic E-state index is 0.268. The second kappa shape index (κ2) is 7.41. The van der Waals surface area contributed by atoms with E-state index in [4.69, 9.17) is 0 Å². The number of nitrogens with zero attached hydrogens (tertiary/aromatic N) is 3. The van der Waals surface area contributed by atoms with Crippen molar-refractivity contribution in [2.45, 2.75) is 64.5 Å². The molecule has 0 spiro atoms. The summed E-state index contributed by atoms with van der Waals surface area (Å²) in [5, 5.41) is 8.37. The molecular weight excluding hydrogens is 260 g/mol. The summed E-state index contributed by atoms with van der Waals surface area (Å²) in [6.07, 6.45) is 8.18. The van der Waals surface area contributed by atoms with Crippen LogP contribution in [-0.4, -0.2) is 45.9 Å². The lowest BCUT2D eigenvalue weighted by Crippen LogP contribution is -2.61. The monoisotopic (exact) mass is 292 g/mol. The van der Waals surface area contributed by atoms with Crippen LogP contribution in [0.3, 0.4) is 0 Å². The number of likely N-dealkylation sites (tertiary alicyclic amines) is 1. The summed E-state index contributed by atoms with van der Waals surface area (Å²) < 4.78 is 1.91. The topological polar surface area (TPSA) is 33.1 Å². The van der Waals surface area contributed by atoms with E-state index in [0.29, 0.717) is 6.04 Å². The van der Waals surface area contributed by atoms with Gasteiger partial charge >= 0.3 is 0 Å². The van der Waals surface area contributed by atoms with E-state index in [1.54, 1.807) is 0 Å². The summed E-state index contributed by atoms with van der Waals surface area (Å²) in [6, 6.07) is 2.63. The fourth-order valence-electron chi connectivity index (χ4n) is 4.05. The van der Waals surface area contributed by atoms with E-state index in [-0.39, 0.29) is 5.54 Å². The molecule has 1 atom stereocenters. The third-order valence-corrected chi connectivity index (χ3v) is 5.24. The Labute approximate surface area is 129 Å². The Hall–Kier alpha value is -0.870. The largest absolute Gasteiger partial charge is 0.312 e. The minimum absolute atomic E-state index is 0.268. The molecule has 0 amide bonds. The molecule has 4 heteroatoms. The predicted molar refractivity (Wildman–Crippen MR) is 88.5 cm³/mol. The van der Waals surface area contributed by atoms with Crippen molar-refractivity contribution < 1.29 is 0 Å². The van der Waals surface area contributed by atoms with Crippen LogP contribution in [0.2, 0.25) is 0 Å². The minimum Gasteiger partial charge on any atom is -0.312 e. The van der Waals surface area contributed by atoms with Gasteiger partial charge in [-0.15, -0.1) is 0 Å². The van der Waals surface area contributed by atoms with Crippen LogP contribution in [0.1, 0.15) is 52.1 Å². The van der Waals surface area contributed by atoms with Crippen molar-refractivity contribution in [3.63, 3.8) is 0 Å². The summed E-state index contributed by atoms with van der Waals surface area (Å²) in [5.74, 6) is 0. The fourth-order valence-corrected chi connectivity index (χ4v) is 4.05. The first kappa shape index (κ1) is 16.5. The van der Waals surface area contributed by atoms with E-state index in [1.807, 2.05) is 17.9 Å². The summed E-state index contributed by atoms with van der Waals surface area (Å²) in [4.78, 5) is 2.74. The normalized spacial score (nSPS) is 18.3. The molecule has 1 aliphatic rings. The number of hydrogen-bond donors (Lipinski definition) is 1. The first-order valence-electron chi connectivity index (χ1n) is 8.63. The van der Waals surface area contributed by atoms with Gasteiger partial charge in [-0.25, -0.2) is 0 Å². The highest BCUT2D eigenvalue weighted by Gasteiger charge is 2.41. The van der Waals surface area contributed by atoms with Crippen molar-refractivity contribution in [2.75, 3.05) is 19.6 Å². The van der Waals surface area contributed by atoms with Gasteiger partial charge in [0.05, 0.1) is 5.69 Å². The van der Waals surface area contributed by atoms with Crippen LogP contribution in [-0.2, 0) is 13.5 Å². The number of likely N-dealkylation sites (N-methyl/N-ethyl adjacent to an activating group) is 1. The highest BCUT2D eigenvalue weighted by molar-refractivity contribution is 5.08. The van der Waals surface area contributed by atoms with Gasteiger partial charge in [-0.1, -0.05) is 20.8 Å². The molecule has 4 nitrogen and oxygen atoms in total. The molecule has 2 heterocycles. The average molecular weight is 292 g/mol. The van der Waals surface area contributed by atoms with E-state index in [9.17, 15) is 0 Å². The lowest BCUT2D eigenvalue weighted by Gasteiger charge is -2.47. The SMILES string of the molecule is CCNC(Cc1ccn(C)n1)C(CC)(CC)N1CCCC1. The fraction of sp³-hybridized carbons (Fsp3) is 0.824. The Morgan fingerprint density at radius 3 is 2.38 bits per heavy atom. The lowest BCUT2D eigenvalue weighted by atomic mass is 9.80. The Kier molecular flexibility index (Phi) is 5.82. The molecule has 1 aliphatic heterocycles. The standard InChI is InChI=1S/C17H32N4/c1-5-17(6-2,21-11-8-9-12-21)16(18-7-3)14-15-10-13-20(4)19-15/h10,13,16,18H,5-9,11-12,14H2,1-4H3. The molecule has 0 aromatic carbocycles. The maximum atomic E-state index is 4.60. The van der Waals surface area contributed by atoms with E-state index >= 15 is 0 Å². The molecule has 1 aromatic rings. The number of hydrogen-bond acceptors (Lipinski definition) is 3. The predicted octanol–water partition coefficient (Wildman–Crippen LogP) is 2.60. The molecule has 1 unspecified atom stereocenters. The lowest BCUT2D eigenvalue weighted by molar-refractivity contribution is 0.0622. The van der Waals surface area contributed by atoms with Gasteiger partial charge in [0, 0.05) is 31.2 Å². The van der Waals surface area contributed by atoms with Crippen molar-refractivity contribution in [1.29, 1.82) is 0 Å². The van der Waals surface area contributed by atoms with Gasteiger partial charge in [0.2, 0.25) is 0 Å². The zero-order valence-corrected chi connectivity index (χ0v) is 14.2. The third kappa shape index (κ3) is 3.49. The van der Waals surface area contributed by atoms with Crippen LogP contribution >= 0.6 is 0 Å². The molecule has 0 aliphatic carbocycles. The van der Waals surface area contributed by atoms with Crippen LogP contribution in [0.15, 0.2) is 12.3 Å². The summed E-state index contributed by atoms with van der Waals surface area (Å²) >= 11 is 0. The molecule has 21 heavy (non-hydrogen) atoms. The maximum Gasteiger partial charge on any atom is 0.0640 e. The Morgan fingerprint density at radius 2 is 1.90 bits per heavy atom. The molecule has 1 N–H and O–H groups in total. The molecule has 0 radical (unpaired) electrons. The van der Waals surface area contributed by atoms with Crippen molar-refractivity contribution in [1.82, 2.24) is 20.0 Å². The molecular formula is C17H32N4. The number of rotatable bonds is 8. The third-order valence-electron chi connectivity index (χ3n) is 5.24. The van der Waals surface area contributed by atoms with Crippen molar-refractivity contribution >= 4 is 0 Å². The van der Waals surface area contributed by atoms with E-state index in [2.05, 4.69) is 42.2 Å². The molecule has 1 aromatic heterocycles. The van der Waals surface area contributed by atoms with Gasteiger partial charge in [0.25, 0.3) is 0 Å². The second-order valence-electron chi connectivity index (χ2n) is 6.30. The molecule has 120 valence electrons. The van der Waals surface area contributed by atoms with Gasteiger partial charge in [-0.2, -0.15) is 5.10 Å². The van der Waals surface area contributed by atoms with Crippen LogP contribution in [0.5, 0.6) is 0 Å². The number of aryl methyl sites for hydroxylation is 1. The zero-order chi connectivity index (χ0) is 15.3. The Balaban J connectivity index is 2.22. The van der Waals surface area contributed by atoms with Gasteiger partial charge in [0.1, 0.15) is 0 Å². The molecule has 1 saturated heterocycles. The van der Waals surface area contributed by atoms with Crippen molar-refractivity contribution in [2.24, 2.45) is 7.05 Å². The van der Waals surface area contributed by atoms with Gasteiger partial charge < -0.3 is 5.32 Å². The van der Waals surface area contributed by atoms with E-state index in [1.165, 1.54) is 44.5 Å². The number of nitrogens with one attached hydrogen (secondary N) is 1. The smallest absolute Gasteiger partial charge is 0.0640 e. The summed E-state index contributed by atoms with van der Waals surface area (Å²) in [7, 11) is 2.00. The Bertz CT molecular complexity index is 416. The molecule has 0 saturated carbocycles. The second-order valence-corrected chi connectivity index (χ2v) is 6.30. The van der Waals surface area contributed by atoms with Crippen LogP contribution < -0.4 is 5.32 Å². The maximum absolute atomic E-state index is 4.60. The van der Waals surface area contributed by atoms with Crippen LogP contribution in [0, 0.1) is 0 Å². The van der Waals surface area contributed by atoms with E-state index < -0.39 is 0 Å². The number of aromatic nitrogens is 2. The highest BCUT2D eigenvalue weighted by atomic mass is 15.3. The summed E-state index contributed by atoms with van der Waals surface area (Å²) in [5.41, 5.74) is 1.47. The van der Waals surface area contributed by atoms with E-state index in [0.717, 1.165) is 13.0 Å². The molecule has 1 fully saturated rings. The highest BCUT2D eigenvalue weighted by Crippen LogP contribution is 2.33. The van der Waals surface area contributed by atoms with Crippen LogP contribution in [0.25, 0.3) is 0 Å². The summed E-state index contributed by atoms with van der Waals surface area (Å²) in [6.45, 7) is 10.4. The first-order valence-corrected chi connectivity index (χ1v) is 8.63. The van der Waals surface area contributed by atoms with Gasteiger partial charge in [-0.05, 0) is 51.4 Å². The zero-order valence-electron chi connectivity index (χ0n) is 14.2. The van der Waals surface area contributed by atoms with Crippen LogP contribution in [0.4, 0.5) is 0 Å². The van der Waals surface area contributed by atoms with Gasteiger partial charge in [0.15, 0.2) is 0 Å². The van der Waals surface area contributed by atoms with Crippen molar-refractivity contribution in [3.05, 3.63) is 18.0 Å².